The smallest absolute Gasteiger partial charge is 0.322 e. The summed E-state index contributed by atoms with van der Waals surface area (Å²) in [7, 11) is 0. The summed E-state index contributed by atoms with van der Waals surface area (Å²) >= 11 is 0. The molecule has 0 fully saturated rings. The molecule has 0 radical (unpaired) electrons. The molecule has 80 valence electrons. The summed E-state index contributed by atoms with van der Waals surface area (Å²) in [4.78, 5) is 21.1. The summed E-state index contributed by atoms with van der Waals surface area (Å²) in [5, 5.41) is 17.1. The molecule has 0 aliphatic heterocycles. The third-order valence-corrected chi connectivity index (χ3v) is 1.77. The summed E-state index contributed by atoms with van der Waals surface area (Å²) in [6.07, 6.45) is 0. The Balaban J connectivity index is 3.23. The van der Waals surface area contributed by atoms with Crippen molar-refractivity contribution in [2.45, 2.75) is 5.92 Å². The molecule has 15 heavy (non-hydrogen) atoms. The third-order valence-electron chi connectivity index (χ3n) is 1.77. The lowest BCUT2D eigenvalue weighted by atomic mass is 9.99. The second-order valence-electron chi connectivity index (χ2n) is 2.78. The second-order valence-corrected chi connectivity index (χ2v) is 2.78. The van der Waals surface area contributed by atoms with Crippen molar-refractivity contribution in [1.29, 1.82) is 0 Å². The average molecular weight is 216 g/mol. The van der Waals surface area contributed by atoms with Crippen LogP contribution in [0.2, 0.25) is 0 Å². The van der Waals surface area contributed by atoms with Crippen LogP contribution in [0.3, 0.4) is 0 Å². The first kappa shape index (κ1) is 11.1. The monoisotopic (exact) mass is 216 g/mol. The molecule has 0 atom stereocenters. The summed E-state index contributed by atoms with van der Waals surface area (Å²) < 4.78 is 25.5. The van der Waals surface area contributed by atoms with Gasteiger partial charge in [-0.05, 0) is 6.07 Å². The van der Waals surface area contributed by atoms with Crippen molar-refractivity contribution in [2.24, 2.45) is 0 Å². The molecule has 0 unspecified atom stereocenters. The Morgan fingerprint density at radius 3 is 2.07 bits per heavy atom. The van der Waals surface area contributed by atoms with Crippen LogP contribution >= 0.6 is 0 Å². The summed E-state index contributed by atoms with van der Waals surface area (Å²) in [5.74, 6) is -7.51. The molecule has 0 aliphatic carbocycles. The Kier molecular flexibility index (Phi) is 2.99. The van der Waals surface area contributed by atoms with Gasteiger partial charge in [0.05, 0.1) is 0 Å². The lowest BCUT2D eigenvalue weighted by molar-refractivity contribution is -0.150. The van der Waals surface area contributed by atoms with Crippen LogP contribution in [0.25, 0.3) is 0 Å². The summed E-state index contributed by atoms with van der Waals surface area (Å²) in [5.41, 5.74) is -0.573. The van der Waals surface area contributed by atoms with E-state index in [1.807, 2.05) is 0 Å². The van der Waals surface area contributed by atoms with Crippen molar-refractivity contribution in [2.75, 3.05) is 0 Å². The van der Waals surface area contributed by atoms with Crippen molar-refractivity contribution in [1.82, 2.24) is 0 Å². The molecule has 4 nitrogen and oxygen atoms in total. The largest absolute Gasteiger partial charge is 0.480 e. The first-order chi connectivity index (χ1) is 6.93. The van der Waals surface area contributed by atoms with Crippen LogP contribution in [0, 0.1) is 11.6 Å². The van der Waals surface area contributed by atoms with E-state index < -0.39 is 35.1 Å². The molecule has 0 amide bonds. The fourth-order valence-corrected chi connectivity index (χ4v) is 1.11. The Bertz CT molecular complexity index is 403. The van der Waals surface area contributed by atoms with Crippen LogP contribution in [0.5, 0.6) is 0 Å². The van der Waals surface area contributed by atoms with Gasteiger partial charge in [-0.2, -0.15) is 0 Å². The summed E-state index contributed by atoms with van der Waals surface area (Å²) in [6, 6.07) is 2.04. The minimum absolute atomic E-state index is 0.439. The Hall–Kier alpha value is -1.98. The fraction of sp³-hybridized carbons (Fsp3) is 0.111. The van der Waals surface area contributed by atoms with E-state index in [9.17, 15) is 18.4 Å². The lowest BCUT2D eigenvalue weighted by Gasteiger charge is -2.08. The van der Waals surface area contributed by atoms with Crippen LogP contribution in [0.15, 0.2) is 18.2 Å². The van der Waals surface area contributed by atoms with Crippen molar-refractivity contribution in [3.63, 3.8) is 0 Å². The predicted molar refractivity (Wildman–Crippen MR) is 44.4 cm³/mol. The van der Waals surface area contributed by atoms with Gasteiger partial charge in [0.15, 0.2) is 5.92 Å². The number of carbonyl (C=O) groups is 2. The van der Waals surface area contributed by atoms with Crippen LogP contribution in [-0.2, 0) is 9.59 Å². The number of benzene rings is 1. The highest BCUT2D eigenvalue weighted by atomic mass is 19.1. The zero-order valence-corrected chi connectivity index (χ0v) is 7.28. The van der Waals surface area contributed by atoms with Crippen molar-refractivity contribution >= 4 is 11.9 Å². The number of aliphatic carboxylic acids is 2. The molecule has 1 aromatic rings. The molecular formula is C9H6F2O4. The maximum absolute atomic E-state index is 13.1. The van der Waals surface area contributed by atoms with E-state index in [0.717, 1.165) is 12.1 Å². The normalized spacial score (nSPS) is 10.3. The number of halogens is 2. The predicted octanol–water partition coefficient (Wildman–Crippen LogP) is 1.22. The Morgan fingerprint density at radius 1 is 1.13 bits per heavy atom. The molecule has 0 aromatic heterocycles. The van der Waals surface area contributed by atoms with Crippen LogP contribution in [0.4, 0.5) is 8.78 Å². The topological polar surface area (TPSA) is 74.6 Å². The number of hydrogen-bond acceptors (Lipinski definition) is 2. The van der Waals surface area contributed by atoms with Crippen molar-refractivity contribution in [3.05, 3.63) is 35.4 Å². The van der Waals surface area contributed by atoms with Gasteiger partial charge in [-0.1, -0.05) is 6.07 Å². The highest BCUT2D eigenvalue weighted by Crippen LogP contribution is 2.20. The van der Waals surface area contributed by atoms with E-state index in [-0.39, 0.29) is 0 Å². The number of carboxylic acid groups (broad SMARTS) is 2. The summed E-state index contributed by atoms with van der Waals surface area (Å²) in [6.45, 7) is 0. The van der Waals surface area contributed by atoms with Gasteiger partial charge in [0.25, 0.3) is 0 Å². The van der Waals surface area contributed by atoms with Crippen LogP contribution in [-0.4, -0.2) is 22.2 Å². The second kappa shape index (κ2) is 4.04. The highest BCUT2D eigenvalue weighted by molar-refractivity contribution is 5.99. The van der Waals surface area contributed by atoms with Crippen LogP contribution in [0.1, 0.15) is 11.5 Å². The minimum atomic E-state index is -2.02. The molecule has 6 heteroatoms. The number of rotatable bonds is 3. The molecule has 2 N–H and O–H groups in total. The van der Waals surface area contributed by atoms with Crippen molar-refractivity contribution in [3.8, 4) is 0 Å². The Labute approximate surface area is 82.8 Å². The maximum Gasteiger partial charge on any atom is 0.322 e. The van der Waals surface area contributed by atoms with Gasteiger partial charge >= 0.3 is 11.9 Å². The van der Waals surface area contributed by atoms with E-state index in [1.165, 1.54) is 0 Å². The average Bonchev–Trinajstić information content (AvgIpc) is 2.08. The lowest BCUT2D eigenvalue weighted by Crippen LogP contribution is -2.22. The van der Waals surface area contributed by atoms with E-state index in [2.05, 4.69) is 0 Å². The Morgan fingerprint density at radius 2 is 1.67 bits per heavy atom. The number of carboxylic acids is 2. The van der Waals surface area contributed by atoms with Gasteiger partial charge in [-0.3, -0.25) is 9.59 Å². The van der Waals surface area contributed by atoms with E-state index in [0.29, 0.717) is 6.07 Å². The van der Waals surface area contributed by atoms with Crippen LogP contribution < -0.4 is 0 Å². The number of hydrogen-bond donors (Lipinski definition) is 2. The molecular weight excluding hydrogens is 210 g/mol. The molecule has 0 saturated carbocycles. The molecule has 1 aromatic carbocycles. The van der Waals surface area contributed by atoms with Gasteiger partial charge in [0.2, 0.25) is 0 Å². The molecule has 0 bridgehead atoms. The SMILES string of the molecule is O=C(O)C(C(=O)O)c1ccc(F)cc1F. The van der Waals surface area contributed by atoms with Crippen molar-refractivity contribution < 1.29 is 28.6 Å². The van der Waals surface area contributed by atoms with E-state index >= 15 is 0 Å². The van der Waals surface area contributed by atoms with Gasteiger partial charge in [0, 0.05) is 11.6 Å². The molecule has 1 rings (SSSR count). The first-order valence-corrected chi connectivity index (χ1v) is 3.84. The molecule has 0 spiro atoms. The highest BCUT2D eigenvalue weighted by Gasteiger charge is 2.30. The van der Waals surface area contributed by atoms with Gasteiger partial charge < -0.3 is 10.2 Å². The molecule has 0 heterocycles. The first-order valence-electron chi connectivity index (χ1n) is 3.84. The quantitative estimate of drug-likeness (QED) is 0.745. The standard InChI is InChI=1S/C9H6F2O4/c10-4-1-2-5(6(11)3-4)7(8(12)13)9(14)15/h1-3,7H,(H,12,13)(H,14,15). The van der Waals surface area contributed by atoms with Gasteiger partial charge in [0.1, 0.15) is 11.6 Å². The van der Waals surface area contributed by atoms with E-state index in [4.69, 9.17) is 10.2 Å². The minimum Gasteiger partial charge on any atom is -0.480 e. The maximum atomic E-state index is 13.1. The molecule has 0 aliphatic rings. The zero-order chi connectivity index (χ0) is 11.6. The fourth-order valence-electron chi connectivity index (χ4n) is 1.11. The van der Waals surface area contributed by atoms with E-state index in [1.54, 1.807) is 0 Å². The van der Waals surface area contributed by atoms with Gasteiger partial charge in [-0.25, -0.2) is 8.78 Å². The molecule has 0 saturated heterocycles. The van der Waals surface area contributed by atoms with Gasteiger partial charge in [-0.15, -0.1) is 0 Å². The zero-order valence-electron chi connectivity index (χ0n) is 7.28. The third kappa shape index (κ3) is 2.28.